The number of methoxy groups -OCH3 is 1. The average molecular weight is 349 g/mol. The van der Waals surface area contributed by atoms with Crippen LogP contribution in [0.4, 0.5) is 10.6 Å². The van der Waals surface area contributed by atoms with Gasteiger partial charge < -0.3 is 9.47 Å². The van der Waals surface area contributed by atoms with Crippen molar-refractivity contribution in [3.63, 3.8) is 0 Å². The van der Waals surface area contributed by atoms with Crippen LogP contribution >= 0.6 is 11.6 Å². The van der Waals surface area contributed by atoms with Gasteiger partial charge in [0.05, 0.1) is 24.0 Å². The molecule has 0 aliphatic rings. The highest BCUT2D eigenvalue weighted by molar-refractivity contribution is 6.32. The molecule has 0 spiro atoms. The van der Waals surface area contributed by atoms with Crippen LogP contribution in [0.25, 0.3) is 5.69 Å². The summed E-state index contributed by atoms with van der Waals surface area (Å²) < 4.78 is 11.7. The van der Waals surface area contributed by atoms with Crippen LogP contribution in [0, 0.1) is 11.3 Å². The van der Waals surface area contributed by atoms with Crippen LogP contribution in [0.5, 0.6) is 5.75 Å². The van der Waals surface area contributed by atoms with E-state index in [-0.39, 0.29) is 11.4 Å². The van der Waals surface area contributed by atoms with E-state index < -0.39 is 11.7 Å². The Morgan fingerprint density at radius 2 is 2.12 bits per heavy atom. The normalized spacial score (nSPS) is 10.8. The lowest BCUT2D eigenvalue weighted by Crippen LogP contribution is -2.28. The number of ether oxygens (including phenoxy) is 2. The number of nitrogens with zero attached hydrogens (tertiary/aromatic N) is 3. The molecule has 0 bridgehead atoms. The van der Waals surface area contributed by atoms with Crippen molar-refractivity contribution >= 4 is 23.5 Å². The molecule has 1 aromatic heterocycles. The Kier molecular flexibility index (Phi) is 5.00. The van der Waals surface area contributed by atoms with Crippen molar-refractivity contribution in [2.24, 2.45) is 0 Å². The van der Waals surface area contributed by atoms with Crippen molar-refractivity contribution in [1.29, 1.82) is 5.26 Å². The van der Waals surface area contributed by atoms with Crippen molar-refractivity contribution in [2.75, 3.05) is 12.4 Å². The minimum absolute atomic E-state index is 0.202. The number of halogens is 1. The molecule has 1 heterocycles. The predicted octanol–water partition coefficient (Wildman–Crippen LogP) is 3.75. The molecule has 2 rings (SSSR count). The van der Waals surface area contributed by atoms with E-state index in [4.69, 9.17) is 21.1 Å². The maximum absolute atomic E-state index is 12.0. The maximum Gasteiger partial charge on any atom is 0.413 e. The third-order valence-corrected chi connectivity index (χ3v) is 3.18. The summed E-state index contributed by atoms with van der Waals surface area (Å²) in [5.74, 6) is 0.711. The highest BCUT2D eigenvalue weighted by atomic mass is 35.5. The van der Waals surface area contributed by atoms with Crippen molar-refractivity contribution in [3.05, 3.63) is 35.0 Å². The van der Waals surface area contributed by atoms with E-state index >= 15 is 0 Å². The summed E-state index contributed by atoms with van der Waals surface area (Å²) in [7, 11) is 1.51. The van der Waals surface area contributed by atoms with E-state index in [1.807, 2.05) is 6.07 Å². The predicted molar refractivity (Wildman–Crippen MR) is 89.7 cm³/mol. The number of carbonyl (C=O) groups excluding carboxylic acids is 1. The molecule has 24 heavy (non-hydrogen) atoms. The van der Waals surface area contributed by atoms with E-state index in [1.165, 1.54) is 18.0 Å². The molecule has 0 aliphatic carbocycles. The second-order valence-corrected chi connectivity index (χ2v) is 6.28. The number of nitriles is 1. The lowest BCUT2D eigenvalue weighted by molar-refractivity contribution is 0.0635. The summed E-state index contributed by atoms with van der Waals surface area (Å²) >= 11 is 6.12. The van der Waals surface area contributed by atoms with Gasteiger partial charge in [-0.05, 0) is 39.0 Å². The Labute approximate surface area is 144 Å². The van der Waals surface area contributed by atoms with Gasteiger partial charge >= 0.3 is 6.09 Å². The van der Waals surface area contributed by atoms with Gasteiger partial charge in [-0.1, -0.05) is 11.6 Å². The minimum Gasteiger partial charge on any atom is -0.495 e. The van der Waals surface area contributed by atoms with Crippen molar-refractivity contribution in [3.8, 4) is 17.5 Å². The second-order valence-electron chi connectivity index (χ2n) is 5.88. The zero-order valence-electron chi connectivity index (χ0n) is 13.8. The van der Waals surface area contributed by atoms with Gasteiger partial charge in [-0.3, -0.25) is 5.32 Å². The van der Waals surface area contributed by atoms with Crippen molar-refractivity contribution in [1.82, 2.24) is 9.78 Å². The first-order valence-electron chi connectivity index (χ1n) is 7.07. The number of anilines is 1. The molecule has 0 atom stereocenters. The first kappa shape index (κ1) is 17.6. The lowest BCUT2D eigenvalue weighted by Gasteiger charge is -2.20. The fourth-order valence-corrected chi connectivity index (χ4v) is 2.19. The van der Waals surface area contributed by atoms with Crippen LogP contribution in [0.1, 0.15) is 26.3 Å². The molecule has 126 valence electrons. The highest BCUT2D eigenvalue weighted by Crippen LogP contribution is 2.28. The Morgan fingerprint density at radius 1 is 1.42 bits per heavy atom. The van der Waals surface area contributed by atoms with E-state index in [0.717, 1.165) is 0 Å². The van der Waals surface area contributed by atoms with Gasteiger partial charge in [0.15, 0.2) is 5.82 Å². The number of carbonyl (C=O) groups is 1. The van der Waals surface area contributed by atoms with E-state index in [2.05, 4.69) is 10.4 Å². The fourth-order valence-electron chi connectivity index (χ4n) is 1.93. The minimum atomic E-state index is -0.680. The molecule has 0 unspecified atom stereocenters. The Bertz CT molecular complexity index is 803. The number of amides is 1. The zero-order chi connectivity index (χ0) is 17.9. The molecule has 0 fully saturated rings. The van der Waals surface area contributed by atoms with Crippen LogP contribution in [0.3, 0.4) is 0 Å². The third kappa shape index (κ3) is 3.97. The van der Waals surface area contributed by atoms with Gasteiger partial charge in [0.2, 0.25) is 0 Å². The maximum atomic E-state index is 12.0. The van der Waals surface area contributed by atoms with E-state index in [1.54, 1.807) is 39.0 Å². The number of nitrogens with one attached hydrogen (secondary N) is 1. The van der Waals surface area contributed by atoms with Gasteiger partial charge in [0.1, 0.15) is 23.0 Å². The van der Waals surface area contributed by atoms with Crippen molar-refractivity contribution in [2.45, 2.75) is 26.4 Å². The van der Waals surface area contributed by atoms with Crippen LogP contribution in [-0.4, -0.2) is 28.6 Å². The Hall–Kier alpha value is -2.72. The lowest BCUT2D eigenvalue weighted by atomic mass is 10.2. The van der Waals surface area contributed by atoms with Crippen LogP contribution in [-0.2, 0) is 4.74 Å². The standard InChI is InChI=1S/C16H17ClN4O3/c1-16(2,3)24-15(22)20-14-10(8-18)9-19-21(14)11-5-6-13(23-4)12(17)7-11/h5-7,9H,1-4H3,(H,20,22). The molecule has 0 saturated heterocycles. The Balaban J connectivity index is 2.39. The first-order valence-corrected chi connectivity index (χ1v) is 7.45. The summed E-state index contributed by atoms with van der Waals surface area (Å²) in [6.07, 6.45) is 0.672. The van der Waals surface area contributed by atoms with Gasteiger partial charge in [-0.15, -0.1) is 0 Å². The van der Waals surface area contributed by atoms with Crippen LogP contribution in [0.15, 0.2) is 24.4 Å². The Morgan fingerprint density at radius 3 is 2.67 bits per heavy atom. The molecular formula is C16H17ClN4O3. The average Bonchev–Trinajstić information content (AvgIpc) is 2.87. The number of rotatable bonds is 3. The summed E-state index contributed by atoms with van der Waals surface area (Å²) in [6, 6.07) is 6.98. The summed E-state index contributed by atoms with van der Waals surface area (Å²) in [5.41, 5.74) is 0.103. The van der Waals surface area contributed by atoms with Gasteiger partial charge in [0.25, 0.3) is 0 Å². The molecule has 1 N–H and O–H groups in total. The van der Waals surface area contributed by atoms with E-state index in [9.17, 15) is 10.1 Å². The largest absolute Gasteiger partial charge is 0.495 e. The highest BCUT2D eigenvalue weighted by Gasteiger charge is 2.20. The number of benzene rings is 1. The van der Waals surface area contributed by atoms with Gasteiger partial charge in [-0.2, -0.15) is 10.4 Å². The van der Waals surface area contributed by atoms with Crippen molar-refractivity contribution < 1.29 is 14.3 Å². The quantitative estimate of drug-likeness (QED) is 0.912. The molecule has 0 radical (unpaired) electrons. The van der Waals surface area contributed by atoms with Crippen LogP contribution < -0.4 is 10.1 Å². The fraction of sp³-hybridized carbons (Fsp3) is 0.312. The molecule has 1 aromatic carbocycles. The molecule has 1 amide bonds. The second kappa shape index (κ2) is 6.81. The summed E-state index contributed by atoms with van der Waals surface area (Å²) in [6.45, 7) is 5.25. The van der Waals surface area contributed by atoms with Gasteiger partial charge in [-0.25, -0.2) is 9.48 Å². The molecule has 0 aliphatic heterocycles. The molecule has 2 aromatic rings. The zero-order valence-corrected chi connectivity index (χ0v) is 14.5. The topological polar surface area (TPSA) is 89.2 Å². The number of hydrogen-bond donors (Lipinski definition) is 1. The molecular weight excluding hydrogens is 332 g/mol. The monoisotopic (exact) mass is 348 g/mol. The molecule has 7 nitrogen and oxygen atoms in total. The van der Waals surface area contributed by atoms with E-state index in [0.29, 0.717) is 16.5 Å². The smallest absolute Gasteiger partial charge is 0.413 e. The third-order valence-electron chi connectivity index (χ3n) is 2.89. The number of aromatic nitrogens is 2. The van der Waals surface area contributed by atoms with Gasteiger partial charge in [0, 0.05) is 0 Å². The van der Waals surface area contributed by atoms with Crippen LogP contribution in [0.2, 0.25) is 5.02 Å². The molecule has 0 saturated carbocycles. The summed E-state index contributed by atoms with van der Waals surface area (Å²) in [5, 5.41) is 16.3. The first-order chi connectivity index (χ1) is 11.2. The number of hydrogen-bond acceptors (Lipinski definition) is 5. The molecule has 8 heteroatoms. The summed E-state index contributed by atoms with van der Waals surface area (Å²) in [4.78, 5) is 12.0. The SMILES string of the molecule is COc1ccc(-n2ncc(C#N)c2NC(=O)OC(C)(C)C)cc1Cl.